The summed E-state index contributed by atoms with van der Waals surface area (Å²) in [6.45, 7) is 3.13. The van der Waals surface area contributed by atoms with Crippen molar-refractivity contribution in [3.8, 4) is 0 Å². The summed E-state index contributed by atoms with van der Waals surface area (Å²) in [5.41, 5.74) is 1.32. The van der Waals surface area contributed by atoms with E-state index >= 15 is 0 Å². The molecule has 1 heterocycles. The third-order valence-electron chi connectivity index (χ3n) is 4.86. The fourth-order valence-corrected chi connectivity index (χ4v) is 3.31. The first-order chi connectivity index (χ1) is 14.0. The summed E-state index contributed by atoms with van der Waals surface area (Å²) in [6.07, 6.45) is 2.30. The van der Waals surface area contributed by atoms with Crippen LogP contribution in [0.4, 0.5) is 10.1 Å². The van der Waals surface area contributed by atoms with Crippen molar-refractivity contribution in [1.82, 2.24) is 10.2 Å². The van der Waals surface area contributed by atoms with Gasteiger partial charge in [-0.1, -0.05) is 6.92 Å². The minimum absolute atomic E-state index is 0.110. The molecule has 1 aliphatic rings. The van der Waals surface area contributed by atoms with E-state index in [4.69, 9.17) is 0 Å². The SMILES string of the molecule is CCCNC(=O)C1CCCN1C(=O)c1ccc(NC(=O)c2ccc(F)cc2)cc1. The van der Waals surface area contributed by atoms with Gasteiger partial charge in [0.05, 0.1) is 0 Å². The quantitative estimate of drug-likeness (QED) is 0.786. The van der Waals surface area contributed by atoms with Gasteiger partial charge in [-0.05, 0) is 67.8 Å². The molecule has 29 heavy (non-hydrogen) atoms. The molecule has 1 fully saturated rings. The van der Waals surface area contributed by atoms with Crippen LogP contribution >= 0.6 is 0 Å². The van der Waals surface area contributed by atoms with Gasteiger partial charge in [-0.25, -0.2) is 4.39 Å². The van der Waals surface area contributed by atoms with Crippen LogP contribution in [0.25, 0.3) is 0 Å². The van der Waals surface area contributed by atoms with Gasteiger partial charge < -0.3 is 15.5 Å². The van der Waals surface area contributed by atoms with E-state index in [1.54, 1.807) is 29.2 Å². The van der Waals surface area contributed by atoms with Gasteiger partial charge in [-0.15, -0.1) is 0 Å². The van der Waals surface area contributed by atoms with Crippen LogP contribution in [0.1, 0.15) is 46.9 Å². The highest BCUT2D eigenvalue weighted by Gasteiger charge is 2.34. The lowest BCUT2D eigenvalue weighted by Crippen LogP contribution is -2.46. The number of hydrogen-bond acceptors (Lipinski definition) is 3. The summed E-state index contributed by atoms with van der Waals surface area (Å²) in [7, 11) is 0. The maximum absolute atomic E-state index is 13.0. The zero-order valence-electron chi connectivity index (χ0n) is 16.3. The minimum atomic E-state index is -0.438. The van der Waals surface area contributed by atoms with E-state index in [1.807, 2.05) is 6.92 Å². The van der Waals surface area contributed by atoms with Crippen molar-refractivity contribution in [1.29, 1.82) is 0 Å². The molecule has 1 saturated heterocycles. The standard InChI is InChI=1S/C22H24FN3O3/c1-2-13-24-21(28)19-4-3-14-26(19)22(29)16-7-11-18(12-8-16)25-20(27)15-5-9-17(23)10-6-15/h5-12,19H,2-4,13-14H2,1H3,(H,24,28)(H,25,27). The number of halogens is 1. The van der Waals surface area contributed by atoms with Crippen LogP contribution in [0.15, 0.2) is 48.5 Å². The van der Waals surface area contributed by atoms with Gasteiger partial charge in [0.1, 0.15) is 11.9 Å². The fraction of sp³-hybridized carbons (Fsp3) is 0.318. The van der Waals surface area contributed by atoms with Gasteiger partial charge in [0.15, 0.2) is 0 Å². The number of nitrogens with zero attached hydrogens (tertiary/aromatic N) is 1. The second-order valence-corrected chi connectivity index (χ2v) is 6.99. The number of nitrogens with one attached hydrogen (secondary N) is 2. The molecule has 1 unspecified atom stereocenters. The van der Waals surface area contributed by atoms with E-state index in [0.717, 1.165) is 12.8 Å². The minimum Gasteiger partial charge on any atom is -0.354 e. The van der Waals surface area contributed by atoms with E-state index in [-0.39, 0.29) is 17.7 Å². The van der Waals surface area contributed by atoms with Gasteiger partial charge in [-0.3, -0.25) is 14.4 Å². The van der Waals surface area contributed by atoms with E-state index in [0.29, 0.717) is 36.3 Å². The number of anilines is 1. The van der Waals surface area contributed by atoms with Crippen molar-refractivity contribution >= 4 is 23.4 Å². The highest BCUT2D eigenvalue weighted by Crippen LogP contribution is 2.21. The second-order valence-electron chi connectivity index (χ2n) is 6.99. The maximum Gasteiger partial charge on any atom is 0.255 e. The molecule has 2 N–H and O–H groups in total. The average molecular weight is 397 g/mol. The van der Waals surface area contributed by atoms with Crippen molar-refractivity contribution in [2.45, 2.75) is 32.2 Å². The molecule has 0 saturated carbocycles. The Bertz CT molecular complexity index is 881. The number of amides is 3. The molecule has 7 heteroatoms. The first-order valence-corrected chi connectivity index (χ1v) is 9.75. The number of likely N-dealkylation sites (tertiary alicyclic amines) is 1. The molecule has 1 aliphatic heterocycles. The first-order valence-electron chi connectivity index (χ1n) is 9.75. The van der Waals surface area contributed by atoms with Crippen LogP contribution in [0.5, 0.6) is 0 Å². The summed E-state index contributed by atoms with van der Waals surface area (Å²) >= 11 is 0. The van der Waals surface area contributed by atoms with Gasteiger partial charge >= 0.3 is 0 Å². The highest BCUT2D eigenvalue weighted by molar-refractivity contribution is 6.04. The van der Waals surface area contributed by atoms with Crippen molar-refractivity contribution < 1.29 is 18.8 Å². The molecule has 0 spiro atoms. The Balaban J connectivity index is 1.64. The maximum atomic E-state index is 13.0. The van der Waals surface area contributed by atoms with E-state index < -0.39 is 11.9 Å². The molecule has 0 aliphatic carbocycles. The molecule has 0 aromatic heterocycles. The number of hydrogen-bond donors (Lipinski definition) is 2. The lowest BCUT2D eigenvalue weighted by Gasteiger charge is -2.24. The van der Waals surface area contributed by atoms with E-state index in [1.165, 1.54) is 24.3 Å². The summed E-state index contributed by atoms with van der Waals surface area (Å²) in [4.78, 5) is 39.0. The topological polar surface area (TPSA) is 78.5 Å². The zero-order valence-corrected chi connectivity index (χ0v) is 16.3. The Morgan fingerprint density at radius 2 is 1.69 bits per heavy atom. The van der Waals surface area contributed by atoms with Crippen molar-refractivity contribution in [3.05, 3.63) is 65.5 Å². The predicted molar refractivity (Wildman–Crippen MR) is 108 cm³/mol. The second kappa shape index (κ2) is 9.32. The predicted octanol–water partition coefficient (Wildman–Crippen LogP) is 3.21. The smallest absolute Gasteiger partial charge is 0.255 e. The van der Waals surface area contributed by atoms with Crippen LogP contribution in [0, 0.1) is 5.82 Å². The fourth-order valence-electron chi connectivity index (χ4n) is 3.31. The van der Waals surface area contributed by atoms with Crippen molar-refractivity contribution in [2.75, 3.05) is 18.4 Å². The normalized spacial score (nSPS) is 15.8. The number of carbonyl (C=O) groups is 3. The summed E-state index contributed by atoms with van der Waals surface area (Å²) in [5.74, 6) is -1.08. The van der Waals surface area contributed by atoms with Crippen LogP contribution in [-0.4, -0.2) is 41.8 Å². The van der Waals surface area contributed by atoms with Gasteiger partial charge in [0, 0.05) is 29.9 Å². The number of rotatable bonds is 6. The lowest BCUT2D eigenvalue weighted by atomic mass is 10.1. The monoisotopic (exact) mass is 397 g/mol. The molecule has 0 bridgehead atoms. The molecule has 6 nitrogen and oxygen atoms in total. The Kier molecular flexibility index (Phi) is 6.59. The first kappa shape index (κ1) is 20.5. The van der Waals surface area contributed by atoms with Gasteiger partial charge in [0.2, 0.25) is 5.91 Å². The molecular formula is C22H24FN3O3. The van der Waals surface area contributed by atoms with Crippen molar-refractivity contribution in [2.24, 2.45) is 0 Å². The molecule has 152 valence electrons. The Morgan fingerprint density at radius 1 is 1.03 bits per heavy atom. The molecule has 2 aromatic carbocycles. The molecule has 0 radical (unpaired) electrons. The zero-order chi connectivity index (χ0) is 20.8. The Labute approximate surface area is 169 Å². The van der Waals surface area contributed by atoms with Crippen LogP contribution < -0.4 is 10.6 Å². The summed E-state index contributed by atoms with van der Waals surface area (Å²) in [5, 5.41) is 5.57. The average Bonchev–Trinajstić information content (AvgIpc) is 3.22. The molecule has 1 atom stereocenters. The van der Waals surface area contributed by atoms with Gasteiger partial charge in [0.25, 0.3) is 11.8 Å². The van der Waals surface area contributed by atoms with Gasteiger partial charge in [-0.2, -0.15) is 0 Å². The molecular weight excluding hydrogens is 373 g/mol. The summed E-state index contributed by atoms with van der Waals surface area (Å²) < 4.78 is 13.0. The van der Waals surface area contributed by atoms with Crippen molar-refractivity contribution in [3.63, 3.8) is 0 Å². The van der Waals surface area contributed by atoms with E-state index in [2.05, 4.69) is 10.6 Å². The molecule has 3 rings (SSSR count). The van der Waals surface area contributed by atoms with Crippen LogP contribution in [0.3, 0.4) is 0 Å². The molecule has 2 aromatic rings. The Hall–Kier alpha value is -3.22. The number of carbonyl (C=O) groups excluding carboxylic acids is 3. The lowest BCUT2D eigenvalue weighted by molar-refractivity contribution is -0.124. The largest absolute Gasteiger partial charge is 0.354 e. The molecule has 3 amide bonds. The Morgan fingerprint density at radius 3 is 2.34 bits per heavy atom. The van der Waals surface area contributed by atoms with Crippen LogP contribution in [-0.2, 0) is 4.79 Å². The van der Waals surface area contributed by atoms with E-state index in [9.17, 15) is 18.8 Å². The van der Waals surface area contributed by atoms with Crippen LogP contribution in [0.2, 0.25) is 0 Å². The number of benzene rings is 2. The summed E-state index contributed by atoms with van der Waals surface area (Å²) in [6, 6.07) is 11.3. The third kappa shape index (κ3) is 4.99. The third-order valence-corrected chi connectivity index (χ3v) is 4.86. The highest BCUT2D eigenvalue weighted by atomic mass is 19.1.